The van der Waals surface area contributed by atoms with Gasteiger partial charge in [0, 0.05) is 15.2 Å². The van der Waals surface area contributed by atoms with Gasteiger partial charge in [0.05, 0.1) is 11.3 Å². The summed E-state index contributed by atoms with van der Waals surface area (Å²) < 4.78 is 0.871. The van der Waals surface area contributed by atoms with E-state index in [9.17, 15) is 5.26 Å². The molecule has 6 heteroatoms. The van der Waals surface area contributed by atoms with Crippen LogP contribution >= 0.6 is 27.5 Å². The van der Waals surface area contributed by atoms with Crippen LogP contribution in [-0.4, -0.2) is 10.2 Å². The molecule has 1 N–H and O–H groups in total. The first kappa shape index (κ1) is 13.8. The summed E-state index contributed by atoms with van der Waals surface area (Å²) in [6, 6.07) is 15.1. The van der Waals surface area contributed by atoms with Crippen molar-refractivity contribution >= 4 is 49.8 Å². The number of hydrogen-bond donors (Lipinski definition) is 1. The Morgan fingerprint density at radius 3 is 2.62 bits per heavy atom. The minimum absolute atomic E-state index is 0.353. The van der Waals surface area contributed by atoms with E-state index in [1.807, 2.05) is 36.4 Å². The van der Waals surface area contributed by atoms with E-state index in [0.717, 1.165) is 15.2 Å². The quantitative estimate of drug-likeness (QED) is 0.723. The van der Waals surface area contributed by atoms with Gasteiger partial charge in [-0.15, -0.1) is 10.2 Å². The second kappa shape index (κ2) is 5.68. The fourth-order valence-electron chi connectivity index (χ4n) is 2.01. The number of rotatable bonds is 2. The van der Waals surface area contributed by atoms with E-state index in [1.165, 1.54) is 0 Å². The Labute approximate surface area is 134 Å². The Hall–Kier alpha value is -2.16. The summed E-state index contributed by atoms with van der Waals surface area (Å²) in [5.41, 5.74) is 1.19. The van der Waals surface area contributed by atoms with Crippen molar-refractivity contribution in [2.24, 2.45) is 0 Å². The van der Waals surface area contributed by atoms with Gasteiger partial charge in [0.15, 0.2) is 11.0 Å². The SMILES string of the molecule is N#Cc1ccc(Br)cc1Nc1nnc(Cl)c2ccccc12. The molecular weight excluding hydrogens is 352 g/mol. The Morgan fingerprint density at radius 2 is 1.86 bits per heavy atom. The predicted octanol–water partition coefficient (Wildman–Crippen LogP) is 4.66. The lowest BCUT2D eigenvalue weighted by molar-refractivity contribution is 1.05. The Morgan fingerprint density at radius 1 is 1.10 bits per heavy atom. The molecule has 0 amide bonds. The lowest BCUT2D eigenvalue weighted by Gasteiger charge is -2.10. The van der Waals surface area contributed by atoms with Crippen molar-refractivity contribution in [2.45, 2.75) is 0 Å². The average molecular weight is 360 g/mol. The molecule has 0 fully saturated rings. The molecule has 0 radical (unpaired) electrons. The summed E-state index contributed by atoms with van der Waals surface area (Å²) in [5.74, 6) is 0.560. The summed E-state index contributed by atoms with van der Waals surface area (Å²) in [5, 5.41) is 22.4. The maximum Gasteiger partial charge on any atom is 0.161 e. The molecule has 4 nitrogen and oxygen atoms in total. The zero-order valence-corrected chi connectivity index (χ0v) is 13.0. The van der Waals surface area contributed by atoms with Crippen LogP contribution < -0.4 is 5.32 Å². The van der Waals surface area contributed by atoms with Gasteiger partial charge in [0.2, 0.25) is 0 Å². The third kappa shape index (κ3) is 2.68. The highest BCUT2D eigenvalue weighted by Crippen LogP contribution is 2.29. The third-order valence-electron chi connectivity index (χ3n) is 3.00. The largest absolute Gasteiger partial charge is 0.337 e. The van der Waals surface area contributed by atoms with Gasteiger partial charge in [0.1, 0.15) is 6.07 Å². The van der Waals surface area contributed by atoms with Crippen LogP contribution in [0.25, 0.3) is 10.8 Å². The first-order chi connectivity index (χ1) is 10.2. The monoisotopic (exact) mass is 358 g/mol. The standard InChI is InChI=1S/C15H8BrClN4/c16-10-6-5-9(8-18)13(7-10)19-15-12-4-2-1-3-11(12)14(17)20-21-15/h1-7H,(H,19,21). The van der Waals surface area contributed by atoms with E-state index in [1.54, 1.807) is 6.07 Å². The molecule has 1 heterocycles. The minimum Gasteiger partial charge on any atom is -0.337 e. The Bertz CT molecular complexity index is 873. The van der Waals surface area contributed by atoms with Crippen LogP contribution in [0, 0.1) is 11.3 Å². The summed E-state index contributed by atoms with van der Waals surface area (Å²) in [7, 11) is 0. The highest BCUT2D eigenvalue weighted by Gasteiger charge is 2.10. The fourth-order valence-corrected chi connectivity index (χ4v) is 2.57. The summed E-state index contributed by atoms with van der Waals surface area (Å²) in [6.45, 7) is 0. The molecule has 2 aromatic carbocycles. The molecule has 0 aliphatic rings. The van der Waals surface area contributed by atoms with E-state index in [-0.39, 0.29) is 0 Å². The van der Waals surface area contributed by atoms with Crippen molar-refractivity contribution < 1.29 is 0 Å². The van der Waals surface area contributed by atoms with Crippen LogP contribution in [0.1, 0.15) is 5.56 Å². The van der Waals surface area contributed by atoms with Crippen molar-refractivity contribution in [3.8, 4) is 6.07 Å². The van der Waals surface area contributed by atoms with Crippen LogP contribution in [0.2, 0.25) is 5.15 Å². The predicted molar refractivity (Wildman–Crippen MR) is 86.7 cm³/mol. The van der Waals surface area contributed by atoms with Gasteiger partial charge in [-0.25, -0.2) is 0 Å². The third-order valence-corrected chi connectivity index (χ3v) is 3.77. The molecule has 0 unspecified atom stereocenters. The molecule has 102 valence electrons. The van der Waals surface area contributed by atoms with E-state index >= 15 is 0 Å². The van der Waals surface area contributed by atoms with Crippen molar-refractivity contribution in [3.05, 3.63) is 57.7 Å². The van der Waals surface area contributed by atoms with Gasteiger partial charge in [-0.1, -0.05) is 51.8 Å². The van der Waals surface area contributed by atoms with Crippen LogP contribution in [-0.2, 0) is 0 Å². The molecule has 0 spiro atoms. The average Bonchev–Trinajstić information content (AvgIpc) is 2.51. The van der Waals surface area contributed by atoms with Gasteiger partial charge in [-0.3, -0.25) is 0 Å². The number of anilines is 2. The zero-order valence-electron chi connectivity index (χ0n) is 10.6. The maximum atomic E-state index is 9.18. The topological polar surface area (TPSA) is 61.6 Å². The van der Waals surface area contributed by atoms with Crippen LogP contribution in [0.3, 0.4) is 0 Å². The van der Waals surface area contributed by atoms with Gasteiger partial charge in [-0.05, 0) is 18.2 Å². The minimum atomic E-state index is 0.353. The number of fused-ring (bicyclic) bond motifs is 1. The number of nitrogens with one attached hydrogen (secondary N) is 1. The number of nitriles is 1. The van der Waals surface area contributed by atoms with Gasteiger partial charge in [-0.2, -0.15) is 5.26 Å². The molecule has 0 aliphatic heterocycles. The van der Waals surface area contributed by atoms with E-state index in [4.69, 9.17) is 11.6 Å². The number of hydrogen-bond acceptors (Lipinski definition) is 4. The summed E-state index contributed by atoms with van der Waals surface area (Å²) >= 11 is 9.45. The first-order valence-corrected chi connectivity index (χ1v) is 7.24. The maximum absolute atomic E-state index is 9.18. The molecule has 3 aromatic rings. The summed E-state index contributed by atoms with van der Waals surface area (Å²) in [4.78, 5) is 0. The zero-order chi connectivity index (χ0) is 14.8. The molecule has 0 saturated heterocycles. The van der Waals surface area contributed by atoms with E-state index < -0.39 is 0 Å². The van der Waals surface area contributed by atoms with Gasteiger partial charge < -0.3 is 5.32 Å². The molecule has 21 heavy (non-hydrogen) atoms. The molecule has 3 rings (SSSR count). The van der Waals surface area contributed by atoms with E-state index in [2.05, 4.69) is 37.5 Å². The number of benzene rings is 2. The first-order valence-electron chi connectivity index (χ1n) is 6.06. The molecule has 0 saturated carbocycles. The lowest BCUT2D eigenvalue weighted by Crippen LogP contribution is -1.99. The Balaban J connectivity index is 2.13. The van der Waals surface area contributed by atoms with Crippen molar-refractivity contribution in [1.29, 1.82) is 5.26 Å². The molecule has 0 aliphatic carbocycles. The van der Waals surface area contributed by atoms with Crippen LogP contribution in [0.4, 0.5) is 11.5 Å². The number of nitrogens with zero attached hydrogens (tertiary/aromatic N) is 3. The van der Waals surface area contributed by atoms with Crippen molar-refractivity contribution in [2.75, 3.05) is 5.32 Å². The number of halogens is 2. The fraction of sp³-hybridized carbons (Fsp3) is 0. The van der Waals surface area contributed by atoms with Gasteiger partial charge in [0.25, 0.3) is 0 Å². The molecule has 0 bridgehead atoms. The highest BCUT2D eigenvalue weighted by molar-refractivity contribution is 9.10. The van der Waals surface area contributed by atoms with Crippen LogP contribution in [0.15, 0.2) is 46.9 Å². The molecule has 1 aromatic heterocycles. The van der Waals surface area contributed by atoms with Crippen molar-refractivity contribution in [3.63, 3.8) is 0 Å². The normalized spacial score (nSPS) is 10.3. The smallest absolute Gasteiger partial charge is 0.161 e. The lowest BCUT2D eigenvalue weighted by atomic mass is 10.1. The molecular formula is C15H8BrClN4. The highest BCUT2D eigenvalue weighted by atomic mass is 79.9. The van der Waals surface area contributed by atoms with E-state index in [0.29, 0.717) is 22.2 Å². The Kier molecular flexibility index (Phi) is 3.74. The second-order valence-corrected chi connectivity index (χ2v) is 5.59. The number of aromatic nitrogens is 2. The van der Waals surface area contributed by atoms with Crippen LogP contribution in [0.5, 0.6) is 0 Å². The molecule has 0 atom stereocenters. The summed E-state index contributed by atoms with van der Waals surface area (Å²) in [6.07, 6.45) is 0. The van der Waals surface area contributed by atoms with Gasteiger partial charge >= 0.3 is 0 Å². The second-order valence-electron chi connectivity index (χ2n) is 4.31. The van der Waals surface area contributed by atoms with Crippen molar-refractivity contribution in [1.82, 2.24) is 10.2 Å².